The Balaban J connectivity index is 2.10. The molecule has 0 spiro atoms. The smallest absolute Gasteiger partial charge is 0.261 e. The van der Waals surface area contributed by atoms with Gasteiger partial charge in [0.2, 0.25) is 5.91 Å². The van der Waals surface area contributed by atoms with Crippen molar-refractivity contribution in [2.75, 3.05) is 13.2 Å². The molecule has 2 aromatic carbocycles. The summed E-state index contributed by atoms with van der Waals surface area (Å²) in [4.78, 5) is 27.1. The van der Waals surface area contributed by atoms with E-state index in [1.807, 2.05) is 55.5 Å². The summed E-state index contributed by atoms with van der Waals surface area (Å²) in [6, 6.07) is 14.9. The van der Waals surface area contributed by atoms with Gasteiger partial charge >= 0.3 is 0 Å². The SMILES string of the molecule is CCCCNC(=O)[C@H](C)N(Cc1cccc(C)c1)C(=O)COc1ccc(I)cc1. The van der Waals surface area contributed by atoms with Gasteiger partial charge in [0.15, 0.2) is 6.61 Å². The molecular weight excluding hydrogens is 479 g/mol. The minimum absolute atomic E-state index is 0.112. The van der Waals surface area contributed by atoms with E-state index in [-0.39, 0.29) is 18.4 Å². The lowest BCUT2D eigenvalue weighted by Gasteiger charge is -2.29. The second-order valence-corrected chi connectivity index (χ2v) is 8.32. The zero-order chi connectivity index (χ0) is 21.2. The molecule has 2 rings (SSSR count). The van der Waals surface area contributed by atoms with Crippen molar-refractivity contribution in [1.29, 1.82) is 0 Å². The lowest BCUT2D eigenvalue weighted by atomic mass is 10.1. The summed E-state index contributed by atoms with van der Waals surface area (Å²) in [6.07, 6.45) is 1.92. The van der Waals surface area contributed by atoms with Crippen molar-refractivity contribution in [2.45, 2.75) is 46.2 Å². The summed E-state index contributed by atoms with van der Waals surface area (Å²) in [6.45, 7) is 6.71. The van der Waals surface area contributed by atoms with Crippen molar-refractivity contribution >= 4 is 34.4 Å². The maximum Gasteiger partial charge on any atom is 0.261 e. The summed E-state index contributed by atoms with van der Waals surface area (Å²) >= 11 is 2.22. The van der Waals surface area contributed by atoms with Gasteiger partial charge in [-0.05, 0) is 72.7 Å². The molecule has 1 N–H and O–H groups in total. The maximum absolute atomic E-state index is 13.0. The van der Waals surface area contributed by atoms with Gasteiger partial charge in [-0.1, -0.05) is 43.2 Å². The van der Waals surface area contributed by atoms with Gasteiger partial charge in [-0.25, -0.2) is 0 Å². The van der Waals surface area contributed by atoms with Gasteiger partial charge in [0, 0.05) is 16.7 Å². The highest BCUT2D eigenvalue weighted by molar-refractivity contribution is 14.1. The number of halogens is 1. The first-order valence-corrected chi connectivity index (χ1v) is 11.0. The van der Waals surface area contributed by atoms with Crippen LogP contribution in [-0.2, 0) is 16.1 Å². The third-order valence-electron chi connectivity index (χ3n) is 4.61. The Morgan fingerprint density at radius 3 is 2.55 bits per heavy atom. The zero-order valence-electron chi connectivity index (χ0n) is 17.3. The molecule has 0 saturated heterocycles. The van der Waals surface area contributed by atoms with Gasteiger partial charge in [0.25, 0.3) is 5.91 Å². The number of ether oxygens (including phenoxy) is 1. The molecule has 0 bridgehead atoms. The predicted octanol–water partition coefficient (Wildman–Crippen LogP) is 4.31. The molecule has 0 aliphatic carbocycles. The van der Waals surface area contributed by atoms with Crippen LogP contribution >= 0.6 is 22.6 Å². The molecule has 6 heteroatoms. The fourth-order valence-electron chi connectivity index (χ4n) is 2.88. The summed E-state index contributed by atoms with van der Waals surface area (Å²) in [5.41, 5.74) is 2.10. The monoisotopic (exact) mass is 508 g/mol. The van der Waals surface area contributed by atoms with Crippen LogP contribution in [0.3, 0.4) is 0 Å². The van der Waals surface area contributed by atoms with E-state index >= 15 is 0 Å². The molecule has 156 valence electrons. The lowest BCUT2D eigenvalue weighted by molar-refractivity contribution is -0.142. The first-order chi connectivity index (χ1) is 13.9. The Morgan fingerprint density at radius 1 is 1.17 bits per heavy atom. The first-order valence-electron chi connectivity index (χ1n) is 9.91. The van der Waals surface area contributed by atoms with E-state index in [9.17, 15) is 9.59 Å². The molecular formula is C23H29IN2O3. The number of amides is 2. The van der Waals surface area contributed by atoms with Gasteiger partial charge < -0.3 is 15.0 Å². The van der Waals surface area contributed by atoms with E-state index in [0.717, 1.165) is 27.5 Å². The molecule has 0 heterocycles. The van der Waals surface area contributed by atoms with Gasteiger partial charge in [0.05, 0.1) is 0 Å². The van der Waals surface area contributed by atoms with E-state index in [1.165, 1.54) is 0 Å². The Morgan fingerprint density at radius 2 is 1.90 bits per heavy atom. The second-order valence-electron chi connectivity index (χ2n) is 7.07. The van der Waals surface area contributed by atoms with Crippen molar-refractivity contribution in [3.05, 3.63) is 63.2 Å². The largest absolute Gasteiger partial charge is 0.484 e. The van der Waals surface area contributed by atoms with E-state index in [2.05, 4.69) is 34.8 Å². The predicted molar refractivity (Wildman–Crippen MR) is 124 cm³/mol. The number of hydrogen-bond acceptors (Lipinski definition) is 3. The Kier molecular flexibility index (Phi) is 9.44. The van der Waals surface area contributed by atoms with Crippen LogP contribution in [0.4, 0.5) is 0 Å². The standard InChI is InChI=1S/C23H29IN2O3/c1-4-5-13-25-23(28)18(3)26(15-19-8-6-7-17(2)14-19)22(27)16-29-21-11-9-20(24)10-12-21/h6-12,14,18H,4-5,13,15-16H2,1-3H3,(H,25,28)/t18-/m0/s1. The minimum Gasteiger partial charge on any atom is -0.484 e. The highest BCUT2D eigenvalue weighted by Crippen LogP contribution is 2.15. The number of unbranched alkanes of at least 4 members (excludes halogenated alkanes) is 1. The lowest BCUT2D eigenvalue weighted by Crippen LogP contribution is -2.49. The molecule has 2 aromatic rings. The number of benzene rings is 2. The molecule has 0 aromatic heterocycles. The van der Waals surface area contributed by atoms with Gasteiger partial charge in [-0.3, -0.25) is 9.59 Å². The highest BCUT2D eigenvalue weighted by Gasteiger charge is 2.26. The first kappa shape index (κ1) is 23.2. The topological polar surface area (TPSA) is 58.6 Å². The molecule has 0 saturated carbocycles. The number of hydrogen-bond donors (Lipinski definition) is 1. The second kappa shape index (κ2) is 11.8. The van der Waals surface area contributed by atoms with Crippen LogP contribution in [0.5, 0.6) is 5.75 Å². The minimum atomic E-state index is -0.583. The number of carbonyl (C=O) groups excluding carboxylic acids is 2. The molecule has 0 aliphatic rings. The molecule has 0 fully saturated rings. The van der Waals surface area contributed by atoms with Crippen LogP contribution in [0.2, 0.25) is 0 Å². The van der Waals surface area contributed by atoms with Crippen molar-refractivity contribution in [3.8, 4) is 5.75 Å². The summed E-state index contributed by atoms with van der Waals surface area (Å²) in [7, 11) is 0. The van der Waals surface area contributed by atoms with Crippen molar-refractivity contribution in [2.24, 2.45) is 0 Å². The van der Waals surface area contributed by atoms with Gasteiger partial charge in [-0.2, -0.15) is 0 Å². The summed E-state index contributed by atoms with van der Waals surface area (Å²) < 4.78 is 6.76. The highest BCUT2D eigenvalue weighted by atomic mass is 127. The molecule has 2 amide bonds. The molecule has 0 aliphatic heterocycles. The van der Waals surface area contributed by atoms with E-state index in [4.69, 9.17) is 4.74 Å². The average molecular weight is 508 g/mol. The van der Waals surface area contributed by atoms with Crippen LogP contribution in [0.25, 0.3) is 0 Å². The Labute approximate surface area is 187 Å². The van der Waals surface area contributed by atoms with Gasteiger partial charge in [-0.15, -0.1) is 0 Å². The van der Waals surface area contributed by atoms with Crippen LogP contribution in [0.15, 0.2) is 48.5 Å². The fraction of sp³-hybridized carbons (Fsp3) is 0.391. The number of nitrogens with one attached hydrogen (secondary N) is 1. The van der Waals surface area contributed by atoms with E-state index < -0.39 is 6.04 Å². The Bertz CT molecular complexity index is 808. The number of rotatable bonds is 10. The number of carbonyl (C=O) groups is 2. The van der Waals surface area contributed by atoms with Crippen LogP contribution in [0.1, 0.15) is 37.8 Å². The van der Waals surface area contributed by atoms with E-state index in [0.29, 0.717) is 18.8 Å². The van der Waals surface area contributed by atoms with Crippen LogP contribution < -0.4 is 10.1 Å². The summed E-state index contributed by atoms with van der Waals surface area (Å²) in [5.74, 6) is 0.270. The Hall–Kier alpha value is -2.09. The zero-order valence-corrected chi connectivity index (χ0v) is 19.4. The molecule has 0 radical (unpaired) electrons. The molecule has 29 heavy (non-hydrogen) atoms. The number of nitrogens with zero attached hydrogens (tertiary/aromatic N) is 1. The molecule has 0 unspecified atom stereocenters. The maximum atomic E-state index is 13.0. The average Bonchev–Trinajstić information content (AvgIpc) is 2.71. The summed E-state index contributed by atoms with van der Waals surface area (Å²) in [5, 5.41) is 2.92. The normalized spacial score (nSPS) is 11.6. The van der Waals surface area contributed by atoms with E-state index in [1.54, 1.807) is 11.8 Å². The van der Waals surface area contributed by atoms with Crippen molar-refractivity contribution < 1.29 is 14.3 Å². The number of aryl methyl sites for hydroxylation is 1. The third kappa shape index (κ3) is 7.68. The van der Waals surface area contributed by atoms with Crippen LogP contribution in [0, 0.1) is 10.5 Å². The quantitative estimate of drug-likeness (QED) is 0.385. The van der Waals surface area contributed by atoms with Crippen molar-refractivity contribution in [3.63, 3.8) is 0 Å². The van der Waals surface area contributed by atoms with Gasteiger partial charge in [0.1, 0.15) is 11.8 Å². The molecule has 1 atom stereocenters. The molecule has 5 nitrogen and oxygen atoms in total. The third-order valence-corrected chi connectivity index (χ3v) is 5.33. The van der Waals surface area contributed by atoms with Crippen LogP contribution in [-0.4, -0.2) is 35.9 Å². The van der Waals surface area contributed by atoms with Crippen molar-refractivity contribution in [1.82, 2.24) is 10.2 Å². The fourth-order valence-corrected chi connectivity index (χ4v) is 3.24.